The van der Waals surface area contributed by atoms with Crippen LogP contribution in [0.3, 0.4) is 0 Å². The molecule has 108 valence electrons. The Morgan fingerprint density at radius 3 is 2.37 bits per heavy atom. The van der Waals surface area contributed by atoms with Crippen molar-refractivity contribution in [1.82, 2.24) is 5.32 Å². The zero-order valence-electron chi connectivity index (χ0n) is 12.4. The lowest BCUT2D eigenvalue weighted by Gasteiger charge is -2.39. The first kappa shape index (κ1) is 14.5. The maximum atomic E-state index is 12.1. The Morgan fingerprint density at radius 1 is 1.16 bits per heavy atom. The van der Waals surface area contributed by atoms with Crippen LogP contribution in [0.2, 0.25) is 0 Å². The van der Waals surface area contributed by atoms with Gasteiger partial charge in [0.2, 0.25) is 11.8 Å². The Balaban J connectivity index is 2.08. The maximum Gasteiger partial charge on any atom is 0.229 e. The van der Waals surface area contributed by atoms with Crippen LogP contribution in [0.15, 0.2) is 0 Å². The number of nitrogens with one attached hydrogen (secondary N) is 1. The maximum absolute atomic E-state index is 12.1. The topological polar surface area (TPSA) is 46.2 Å². The highest BCUT2D eigenvalue weighted by molar-refractivity contribution is 5.99. The Kier molecular flexibility index (Phi) is 4.64. The molecule has 1 aliphatic heterocycles. The highest BCUT2D eigenvalue weighted by atomic mass is 16.2. The van der Waals surface area contributed by atoms with E-state index in [0.717, 1.165) is 12.3 Å². The summed E-state index contributed by atoms with van der Waals surface area (Å²) >= 11 is 0. The van der Waals surface area contributed by atoms with E-state index in [4.69, 9.17) is 0 Å². The predicted octanol–water partition coefficient (Wildman–Crippen LogP) is 3.14. The van der Waals surface area contributed by atoms with E-state index in [1.54, 1.807) is 0 Å². The molecule has 1 heterocycles. The fraction of sp³-hybridized carbons (Fsp3) is 0.875. The fourth-order valence-corrected chi connectivity index (χ4v) is 3.83. The van der Waals surface area contributed by atoms with Gasteiger partial charge in [0.15, 0.2) is 0 Å². The molecule has 2 rings (SSSR count). The van der Waals surface area contributed by atoms with Crippen LogP contribution in [-0.4, -0.2) is 11.8 Å². The highest BCUT2D eigenvalue weighted by Crippen LogP contribution is 2.41. The number of carbonyl (C=O) groups excluding carboxylic acids is 2. The van der Waals surface area contributed by atoms with E-state index >= 15 is 0 Å². The third-order valence-corrected chi connectivity index (χ3v) is 4.93. The predicted molar refractivity (Wildman–Crippen MR) is 75.3 cm³/mol. The van der Waals surface area contributed by atoms with Crippen LogP contribution in [0.25, 0.3) is 0 Å². The molecule has 0 aromatic carbocycles. The number of imide groups is 1. The van der Waals surface area contributed by atoms with Crippen molar-refractivity contribution < 1.29 is 9.59 Å². The summed E-state index contributed by atoms with van der Waals surface area (Å²) in [5, 5.41) is 2.53. The Hall–Kier alpha value is -0.860. The van der Waals surface area contributed by atoms with Crippen LogP contribution in [0.4, 0.5) is 0 Å². The molecule has 0 radical (unpaired) electrons. The van der Waals surface area contributed by atoms with Gasteiger partial charge in [-0.1, -0.05) is 33.6 Å². The van der Waals surface area contributed by atoms with Gasteiger partial charge in [-0.2, -0.15) is 0 Å². The van der Waals surface area contributed by atoms with Gasteiger partial charge in [-0.05, 0) is 42.9 Å². The highest BCUT2D eigenvalue weighted by Gasteiger charge is 2.40. The summed E-state index contributed by atoms with van der Waals surface area (Å²) in [4.78, 5) is 23.8. The van der Waals surface area contributed by atoms with Crippen molar-refractivity contribution in [3.05, 3.63) is 0 Å². The summed E-state index contributed by atoms with van der Waals surface area (Å²) in [6.07, 6.45) is 6.37. The summed E-state index contributed by atoms with van der Waals surface area (Å²) < 4.78 is 0. The number of piperidine rings is 1. The summed E-state index contributed by atoms with van der Waals surface area (Å²) in [6, 6.07) is 0. The van der Waals surface area contributed by atoms with Crippen LogP contribution >= 0.6 is 0 Å². The first-order valence-electron chi connectivity index (χ1n) is 7.81. The van der Waals surface area contributed by atoms with Crippen LogP contribution in [0.1, 0.15) is 59.3 Å². The van der Waals surface area contributed by atoms with E-state index in [-0.39, 0.29) is 23.7 Å². The lowest BCUT2D eigenvalue weighted by Crippen LogP contribution is -2.48. The van der Waals surface area contributed by atoms with E-state index in [2.05, 4.69) is 26.1 Å². The van der Waals surface area contributed by atoms with E-state index in [9.17, 15) is 9.59 Å². The van der Waals surface area contributed by atoms with Crippen molar-refractivity contribution in [2.24, 2.45) is 29.6 Å². The van der Waals surface area contributed by atoms with E-state index in [1.165, 1.54) is 25.7 Å². The van der Waals surface area contributed by atoms with Crippen molar-refractivity contribution in [2.75, 3.05) is 0 Å². The number of rotatable bonds is 3. The number of amides is 2. The van der Waals surface area contributed by atoms with Gasteiger partial charge in [-0.15, -0.1) is 0 Å². The molecule has 2 fully saturated rings. The third kappa shape index (κ3) is 3.58. The molecule has 2 atom stereocenters. The van der Waals surface area contributed by atoms with E-state index < -0.39 is 0 Å². The zero-order valence-corrected chi connectivity index (χ0v) is 12.4. The van der Waals surface area contributed by atoms with Crippen molar-refractivity contribution in [1.29, 1.82) is 0 Å². The largest absolute Gasteiger partial charge is 0.296 e. The number of hydrogen-bond donors (Lipinski definition) is 1. The van der Waals surface area contributed by atoms with Crippen molar-refractivity contribution in [2.45, 2.75) is 59.3 Å². The van der Waals surface area contributed by atoms with E-state index in [0.29, 0.717) is 18.3 Å². The molecule has 1 saturated carbocycles. The molecule has 3 heteroatoms. The summed E-state index contributed by atoms with van der Waals surface area (Å²) in [6.45, 7) is 6.62. The molecule has 1 saturated heterocycles. The minimum atomic E-state index is -0.0615. The molecule has 3 nitrogen and oxygen atoms in total. The van der Waals surface area contributed by atoms with Crippen molar-refractivity contribution in [3.63, 3.8) is 0 Å². The van der Waals surface area contributed by atoms with Gasteiger partial charge in [0.05, 0.1) is 0 Å². The second-order valence-corrected chi connectivity index (χ2v) is 7.04. The minimum Gasteiger partial charge on any atom is -0.296 e. The molecule has 1 aliphatic carbocycles. The fourth-order valence-electron chi connectivity index (χ4n) is 3.83. The summed E-state index contributed by atoms with van der Waals surface area (Å²) in [5.74, 6) is 2.16. The average Bonchev–Trinajstić information content (AvgIpc) is 2.33. The van der Waals surface area contributed by atoms with Gasteiger partial charge >= 0.3 is 0 Å². The van der Waals surface area contributed by atoms with Gasteiger partial charge in [0.1, 0.15) is 0 Å². The minimum absolute atomic E-state index is 0.0198. The lowest BCUT2D eigenvalue weighted by atomic mass is 9.67. The first-order chi connectivity index (χ1) is 8.97. The molecule has 2 aliphatic rings. The summed E-state index contributed by atoms with van der Waals surface area (Å²) in [7, 11) is 0. The van der Waals surface area contributed by atoms with E-state index in [1.807, 2.05) is 0 Å². The second-order valence-electron chi connectivity index (χ2n) is 7.04. The van der Waals surface area contributed by atoms with Gasteiger partial charge in [0, 0.05) is 12.3 Å². The van der Waals surface area contributed by atoms with Crippen LogP contribution in [-0.2, 0) is 9.59 Å². The number of carbonyl (C=O) groups is 2. The van der Waals surface area contributed by atoms with Crippen LogP contribution < -0.4 is 5.32 Å². The summed E-state index contributed by atoms with van der Waals surface area (Å²) in [5.41, 5.74) is 0. The zero-order chi connectivity index (χ0) is 14.0. The molecule has 19 heavy (non-hydrogen) atoms. The van der Waals surface area contributed by atoms with Gasteiger partial charge in [0.25, 0.3) is 0 Å². The first-order valence-corrected chi connectivity index (χ1v) is 7.81. The SMILES string of the molecule is CC(C)CC1C(=O)NC(=O)CC1C1CCC(C)CC1. The molecule has 0 spiro atoms. The smallest absolute Gasteiger partial charge is 0.229 e. The lowest BCUT2D eigenvalue weighted by molar-refractivity contribution is -0.141. The second kappa shape index (κ2) is 6.06. The normalized spacial score (nSPS) is 36.4. The molecular formula is C16H27NO2. The van der Waals surface area contributed by atoms with Crippen LogP contribution in [0, 0.1) is 29.6 Å². The molecule has 2 unspecified atom stereocenters. The quantitative estimate of drug-likeness (QED) is 0.797. The molecule has 1 N–H and O–H groups in total. The molecule has 0 bridgehead atoms. The van der Waals surface area contributed by atoms with Gasteiger partial charge < -0.3 is 0 Å². The molecule has 2 amide bonds. The Morgan fingerprint density at radius 2 is 1.79 bits per heavy atom. The molecular weight excluding hydrogens is 238 g/mol. The van der Waals surface area contributed by atoms with Crippen molar-refractivity contribution in [3.8, 4) is 0 Å². The average molecular weight is 265 g/mol. The number of hydrogen-bond acceptors (Lipinski definition) is 2. The Bertz CT molecular complexity index is 343. The Labute approximate surface area is 116 Å². The molecule has 0 aromatic rings. The third-order valence-electron chi connectivity index (χ3n) is 4.93. The monoisotopic (exact) mass is 265 g/mol. The molecule has 0 aromatic heterocycles. The standard InChI is InChI=1S/C16H27NO2/c1-10(2)8-14-13(9-15(18)17-16(14)19)12-6-4-11(3)5-7-12/h10-14H,4-9H2,1-3H3,(H,17,18,19). The van der Waals surface area contributed by atoms with Gasteiger partial charge in [-0.3, -0.25) is 14.9 Å². The van der Waals surface area contributed by atoms with Gasteiger partial charge in [-0.25, -0.2) is 0 Å². The van der Waals surface area contributed by atoms with Crippen molar-refractivity contribution >= 4 is 11.8 Å². The van der Waals surface area contributed by atoms with Crippen LogP contribution in [0.5, 0.6) is 0 Å².